The molecule has 0 amide bonds. The quantitative estimate of drug-likeness (QED) is 0.809. The smallest absolute Gasteiger partial charge is 0.126 e. The first-order valence-corrected chi connectivity index (χ1v) is 6.14. The van der Waals surface area contributed by atoms with Crippen molar-refractivity contribution in [2.75, 3.05) is 13.1 Å². The van der Waals surface area contributed by atoms with Crippen molar-refractivity contribution in [2.24, 2.45) is 5.92 Å². The second kappa shape index (κ2) is 4.96. The fraction of sp³-hybridized carbons (Fsp3) is 0.571. The number of halogens is 1. The van der Waals surface area contributed by atoms with E-state index in [9.17, 15) is 4.39 Å². The van der Waals surface area contributed by atoms with E-state index in [1.807, 2.05) is 13.0 Å². The van der Waals surface area contributed by atoms with Crippen molar-refractivity contribution in [1.82, 2.24) is 5.32 Å². The first-order chi connectivity index (χ1) is 7.68. The second-order valence-electron chi connectivity index (χ2n) is 4.88. The molecular weight excluding hydrogens is 201 g/mol. The molecule has 1 N–H and O–H groups in total. The van der Waals surface area contributed by atoms with E-state index in [0.717, 1.165) is 25.1 Å². The lowest BCUT2D eigenvalue weighted by Gasteiger charge is -2.24. The van der Waals surface area contributed by atoms with Gasteiger partial charge in [-0.15, -0.1) is 0 Å². The molecule has 88 valence electrons. The zero-order valence-electron chi connectivity index (χ0n) is 10.1. The molecular formula is C14H20FN. The maximum Gasteiger partial charge on any atom is 0.126 e. The molecule has 1 nitrogen and oxygen atoms in total. The Morgan fingerprint density at radius 2 is 2.19 bits per heavy atom. The van der Waals surface area contributed by atoms with Crippen LogP contribution in [0.5, 0.6) is 0 Å². The minimum atomic E-state index is -0.0654. The molecule has 0 aromatic heterocycles. The molecule has 0 spiro atoms. The summed E-state index contributed by atoms with van der Waals surface area (Å²) >= 11 is 0. The fourth-order valence-electron chi connectivity index (χ4n) is 2.56. The van der Waals surface area contributed by atoms with Gasteiger partial charge < -0.3 is 5.32 Å². The van der Waals surface area contributed by atoms with Crippen LogP contribution in [0.4, 0.5) is 4.39 Å². The lowest BCUT2D eigenvalue weighted by atomic mass is 9.88. The van der Waals surface area contributed by atoms with Crippen LogP contribution in [0.2, 0.25) is 0 Å². The van der Waals surface area contributed by atoms with Crippen LogP contribution in [0.25, 0.3) is 0 Å². The first-order valence-electron chi connectivity index (χ1n) is 6.14. The van der Waals surface area contributed by atoms with Gasteiger partial charge in [-0.05, 0) is 74.9 Å². The standard InChI is InChI=1S/C14H20FN/c1-10-5-6-14(15)11(2)13(10)8-12-4-3-7-16-9-12/h5-6,12,16H,3-4,7-9H2,1-2H3. The number of piperidine rings is 1. The molecule has 1 heterocycles. The Labute approximate surface area is 97.1 Å². The van der Waals surface area contributed by atoms with Crippen LogP contribution in [-0.4, -0.2) is 13.1 Å². The molecule has 1 atom stereocenters. The summed E-state index contributed by atoms with van der Waals surface area (Å²) in [5.41, 5.74) is 3.28. The summed E-state index contributed by atoms with van der Waals surface area (Å²) in [5, 5.41) is 3.41. The fourth-order valence-corrected chi connectivity index (χ4v) is 2.56. The van der Waals surface area contributed by atoms with E-state index >= 15 is 0 Å². The number of nitrogens with one attached hydrogen (secondary N) is 1. The summed E-state index contributed by atoms with van der Waals surface area (Å²) in [5.74, 6) is 0.609. The number of hydrogen-bond acceptors (Lipinski definition) is 1. The Kier molecular flexibility index (Phi) is 3.59. The molecule has 1 saturated heterocycles. The lowest BCUT2D eigenvalue weighted by molar-refractivity contribution is 0.374. The Morgan fingerprint density at radius 1 is 1.38 bits per heavy atom. The highest BCUT2D eigenvalue weighted by Crippen LogP contribution is 2.23. The number of rotatable bonds is 2. The monoisotopic (exact) mass is 221 g/mol. The number of hydrogen-bond donors (Lipinski definition) is 1. The first kappa shape index (κ1) is 11.6. The van der Waals surface area contributed by atoms with Crippen molar-refractivity contribution in [1.29, 1.82) is 0 Å². The van der Waals surface area contributed by atoms with Gasteiger partial charge >= 0.3 is 0 Å². The lowest BCUT2D eigenvalue weighted by Crippen LogP contribution is -2.31. The molecule has 16 heavy (non-hydrogen) atoms. The molecule has 2 rings (SSSR count). The van der Waals surface area contributed by atoms with Gasteiger partial charge in [-0.3, -0.25) is 0 Å². The SMILES string of the molecule is Cc1ccc(F)c(C)c1CC1CCCNC1. The molecule has 1 aliphatic heterocycles. The van der Waals surface area contributed by atoms with Crippen molar-refractivity contribution < 1.29 is 4.39 Å². The molecule has 0 aliphatic carbocycles. The van der Waals surface area contributed by atoms with Crippen molar-refractivity contribution in [3.05, 3.63) is 34.6 Å². The highest BCUT2D eigenvalue weighted by atomic mass is 19.1. The molecule has 1 aromatic rings. The van der Waals surface area contributed by atoms with E-state index in [4.69, 9.17) is 0 Å². The van der Waals surface area contributed by atoms with Gasteiger partial charge in [0.25, 0.3) is 0 Å². The maximum atomic E-state index is 13.5. The van der Waals surface area contributed by atoms with E-state index in [1.165, 1.54) is 24.0 Å². The highest BCUT2D eigenvalue weighted by Gasteiger charge is 2.16. The van der Waals surface area contributed by atoms with E-state index in [0.29, 0.717) is 5.92 Å². The maximum absolute atomic E-state index is 13.5. The van der Waals surface area contributed by atoms with E-state index in [-0.39, 0.29) is 5.82 Å². The second-order valence-corrected chi connectivity index (χ2v) is 4.88. The largest absolute Gasteiger partial charge is 0.316 e. The summed E-state index contributed by atoms with van der Waals surface area (Å²) in [6, 6.07) is 3.47. The highest BCUT2D eigenvalue weighted by molar-refractivity contribution is 5.35. The Hall–Kier alpha value is -0.890. The normalized spacial score (nSPS) is 21.1. The van der Waals surface area contributed by atoms with E-state index in [1.54, 1.807) is 6.07 Å². The van der Waals surface area contributed by atoms with Crippen molar-refractivity contribution in [3.63, 3.8) is 0 Å². The Morgan fingerprint density at radius 3 is 2.88 bits per heavy atom. The van der Waals surface area contributed by atoms with Gasteiger partial charge in [0.2, 0.25) is 0 Å². The average molecular weight is 221 g/mol. The summed E-state index contributed by atoms with van der Waals surface area (Å²) in [4.78, 5) is 0. The van der Waals surface area contributed by atoms with E-state index in [2.05, 4.69) is 12.2 Å². The van der Waals surface area contributed by atoms with Gasteiger partial charge in [-0.1, -0.05) is 6.07 Å². The van der Waals surface area contributed by atoms with Crippen LogP contribution < -0.4 is 5.32 Å². The topological polar surface area (TPSA) is 12.0 Å². The zero-order valence-corrected chi connectivity index (χ0v) is 10.1. The van der Waals surface area contributed by atoms with Crippen LogP contribution in [-0.2, 0) is 6.42 Å². The van der Waals surface area contributed by atoms with Crippen LogP contribution in [0, 0.1) is 25.6 Å². The summed E-state index contributed by atoms with van der Waals surface area (Å²) in [6.45, 7) is 6.19. The third-order valence-electron chi connectivity index (χ3n) is 3.66. The molecule has 0 saturated carbocycles. The van der Waals surface area contributed by atoms with Crippen molar-refractivity contribution in [2.45, 2.75) is 33.1 Å². The van der Waals surface area contributed by atoms with Gasteiger partial charge in [0.1, 0.15) is 5.82 Å². The van der Waals surface area contributed by atoms with Crippen LogP contribution in [0.15, 0.2) is 12.1 Å². The zero-order chi connectivity index (χ0) is 11.5. The minimum Gasteiger partial charge on any atom is -0.316 e. The summed E-state index contributed by atoms with van der Waals surface area (Å²) in [7, 11) is 0. The van der Waals surface area contributed by atoms with E-state index < -0.39 is 0 Å². The third-order valence-corrected chi connectivity index (χ3v) is 3.66. The minimum absolute atomic E-state index is 0.0654. The average Bonchev–Trinajstić information content (AvgIpc) is 2.31. The molecule has 1 aliphatic rings. The Bertz CT molecular complexity index is 367. The summed E-state index contributed by atoms with van der Waals surface area (Å²) in [6.07, 6.45) is 3.53. The van der Waals surface area contributed by atoms with Crippen LogP contribution in [0.3, 0.4) is 0 Å². The van der Waals surface area contributed by atoms with Crippen LogP contribution in [0.1, 0.15) is 29.5 Å². The third kappa shape index (κ3) is 2.43. The number of aryl methyl sites for hydroxylation is 1. The summed E-state index contributed by atoms with van der Waals surface area (Å²) < 4.78 is 13.5. The molecule has 1 aromatic carbocycles. The van der Waals surface area contributed by atoms with Crippen molar-refractivity contribution >= 4 is 0 Å². The molecule has 0 bridgehead atoms. The Balaban J connectivity index is 2.16. The van der Waals surface area contributed by atoms with Crippen molar-refractivity contribution in [3.8, 4) is 0 Å². The van der Waals surface area contributed by atoms with Gasteiger partial charge in [-0.2, -0.15) is 0 Å². The van der Waals surface area contributed by atoms with Gasteiger partial charge in [-0.25, -0.2) is 4.39 Å². The van der Waals surface area contributed by atoms with Gasteiger partial charge in [0.05, 0.1) is 0 Å². The molecule has 0 radical (unpaired) electrons. The molecule has 2 heteroatoms. The predicted octanol–water partition coefficient (Wildman–Crippen LogP) is 2.98. The van der Waals surface area contributed by atoms with Crippen LogP contribution >= 0.6 is 0 Å². The van der Waals surface area contributed by atoms with Gasteiger partial charge in [0.15, 0.2) is 0 Å². The predicted molar refractivity (Wildman–Crippen MR) is 65.2 cm³/mol. The molecule has 1 fully saturated rings. The molecule has 1 unspecified atom stereocenters. The number of benzene rings is 1. The van der Waals surface area contributed by atoms with Gasteiger partial charge in [0, 0.05) is 0 Å².